The summed E-state index contributed by atoms with van der Waals surface area (Å²) < 4.78 is 1.29. The minimum absolute atomic E-state index is 0.205. The van der Waals surface area contributed by atoms with E-state index in [1.54, 1.807) is 0 Å². The molecular formula is C18H19N5O. The topological polar surface area (TPSA) is 77.2 Å². The van der Waals surface area contributed by atoms with Crippen molar-refractivity contribution in [2.75, 3.05) is 13.6 Å². The zero-order valence-corrected chi connectivity index (χ0v) is 13.8. The van der Waals surface area contributed by atoms with Crippen LogP contribution in [0.5, 0.6) is 0 Å². The Balaban J connectivity index is 1.74. The van der Waals surface area contributed by atoms with Crippen molar-refractivity contribution in [1.29, 1.82) is 5.26 Å². The molecule has 1 N–H and O–H groups in total. The average Bonchev–Trinajstić information content (AvgIpc) is 2.97. The minimum atomic E-state index is -0.205. The Labute approximate surface area is 140 Å². The second kappa shape index (κ2) is 6.69. The van der Waals surface area contributed by atoms with Gasteiger partial charge in [-0.1, -0.05) is 24.3 Å². The summed E-state index contributed by atoms with van der Waals surface area (Å²) in [6.07, 6.45) is 2.44. The second-order valence-corrected chi connectivity index (χ2v) is 5.96. The summed E-state index contributed by atoms with van der Waals surface area (Å²) in [4.78, 5) is 18.7. The molecular weight excluding hydrogens is 302 g/mol. The third kappa shape index (κ3) is 3.21. The number of H-pyrrole nitrogens is 1. The lowest BCUT2D eigenvalue weighted by Crippen LogP contribution is -2.24. The molecule has 2 heterocycles. The monoisotopic (exact) mass is 321 g/mol. The van der Waals surface area contributed by atoms with E-state index >= 15 is 0 Å². The fourth-order valence-electron chi connectivity index (χ4n) is 2.75. The first kappa shape index (κ1) is 16.0. The van der Waals surface area contributed by atoms with Crippen LogP contribution in [0.4, 0.5) is 0 Å². The minimum Gasteiger partial charge on any atom is -0.300 e. The molecule has 6 nitrogen and oxygen atoms in total. The molecule has 0 unspecified atom stereocenters. The van der Waals surface area contributed by atoms with Crippen molar-refractivity contribution in [2.45, 2.75) is 19.9 Å². The van der Waals surface area contributed by atoms with Crippen LogP contribution in [-0.4, -0.2) is 33.1 Å². The lowest BCUT2D eigenvalue weighted by Gasteiger charge is -2.16. The number of hydrogen-bond acceptors (Lipinski definition) is 4. The quantitative estimate of drug-likeness (QED) is 0.778. The van der Waals surface area contributed by atoms with E-state index in [0.717, 1.165) is 13.0 Å². The van der Waals surface area contributed by atoms with Gasteiger partial charge >= 0.3 is 0 Å². The van der Waals surface area contributed by atoms with Gasteiger partial charge in [0, 0.05) is 25.4 Å². The maximum Gasteiger partial charge on any atom is 0.272 e. The summed E-state index contributed by atoms with van der Waals surface area (Å²) in [7, 11) is 2.00. The maximum absolute atomic E-state index is 12.1. The SMILES string of the molecule is Cc1ccccc1CCN(C)Cc1cc(=O)n2[nH]cc(C#N)c2n1. The first-order chi connectivity index (χ1) is 11.6. The largest absolute Gasteiger partial charge is 0.300 e. The second-order valence-electron chi connectivity index (χ2n) is 5.96. The van der Waals surface area contributed by atoms with Crippen molar-refractivity contribution >= 4 is 5.65 Å². The lowest BCUT2D eigenvalue weighted by atomic mass is 10.1. The number of rotatable bonds is 5. The number of fused-ring (bicyclic) bond motifs is 1. The molecule has 24 heavy (non-hydrogen) atoms. The smallest absolute Gasteiger partial charge is 0.272 e. The molecule has 0 saturated carbocycles. The van der Waals surface area contributed by atoms with Gasteiger partial charge in [-0.2, -0.15) is 5.26 Å². The number of aromatic amines is 1. The van der Waals surface area contributed by atoms with Crippen LogP contribution in [0, 0.1) is 18.3 Å². The van der Waals surface area contributed by atoms with E-state index < -0.39 is 0 Å². The van der Waals surface area contributed by atoms with E-state index in [1.165, 1.54) is 27.9 Å². The Hall–Kier alpha value is -2.91. The first-order valence-corrected chi connectivity index (χ1v) is 7.81. The number of nitrogens with one attached hydrogen (secondary N) is 1. The maximum atomic E-state index is 12.1. The number of hydrogen-bond donors (Lipinski definition) is 1. The van der Waals surface area contributed by atoms with Gasteiger partial charge in [0.05, 0.1) is 5.69 Å². The van der Waals surface area contributed by atoms with E-state index in [-0.39, 0.29) is 5.56 Å². The highest BCUT2D eigenvalue weighted by molar-refractivity contribution is 5.53. The third-order valence-corrected chi connectivity index (χ3v) is 4.13. The van der Waals surface area contributed by atoms with Crippen LogP contribution in [-0.2, 0) is 13.0 Å². The van der Waals surface area contributed by atoms with Crippen LogP contribution < -0.4 is 5.56 Å². The predicted octanol–water partition coefficient (Wildman–Crippen LogP) is 1.88. The van der Waals surface area contributed by atoms with Crippen molar-refractivity contribution in [2.24, 2.45) is 0 Å². The van der Waals surface area contributed by atoms with Crippen molar-refractivity contribution in [1.82, 2.24) is 19.5 Å². The summed E-state index contributed by atoms with van der Waals surface area (Å²) in [5.74, 6) is 0. The molecule has 0 amide bonds. The number of aryl methyl sites for hydroxylation is 1. The van der Waals surface area contributed by atoms with Crippen molar-refractivity contribution < 1.29 is 0 Å². The van der Waals surface area contributed by atoms with Gasteiger partial charge in [-0.05, 0) is 31.5 Å². The highest BCUT2D eigenvalue weighted by atomic mass is 16.1. The molecule has 0 spiro atoms. The fourth-order valence-corrected chi connectivity index (χ4v) is 2.75. The highest BCUT2D eigenvalue weighted by Crippen LogP contribution is 2.10. The number of likely N-dealkylation sites (N-methyl/N-ethyl adjacent to an activating group) is 1. The molecule has 0 fully saturated rings. The third-order valence-electron chi connectivity index (χ3n) is 4.13. The summed E-state index contributed by atoms with van der Waals surface area (Å²) >= 11 is 0. The van der Waals surface area contributed by atoms with Crippen LogP contribution in [0.2, 0.25) is 0 Å². The van der Waals surface area contributed by atoms with Crippen LogP contribution >= 0.6 is 0 Å². The van der Waals surface area contributed by atoms with Gasteiger partial charge in [-0.25, -0.2) is 9.50 Å². The Bertz CT molecular complexity index is 963. The highest BCUT2D eigenvalue weighted by Gasteiger charge is 2.10. The standard InChI is InChI=1S/C18H19N5O/c1-13-5-3-4-6-14(13)7-8-22(2)12-16-9-17(24)23-18(21-16)15(10-19)11-20-23/h3-6,9,11,20H,7-8,12H2,1-2H3. The summed E-state index contributed by atoms with van der Waals surface area (Å²) in [6, 6.07) is 11.9. The van der Waals surface area contributed by atoms with E-state index in [1.807, 2.05) is 25.2 Å². The summed E-state index contributed by atoms with van der Waals surface area (Å²) in [6.45, 7) is 3.54. The van der Waals surface area contributed by atoms with Gasteiger partial charge in [0.15, 0.2) is 5.65 Å². The number of aromatic nitrogens is 3. The van der Waals surface area contributed by atoms with Crippen LogP contribution in [0.15, 0.2) is 41.3 Å². The molecule has 0 saturated heterocycles. The Morgan fingerprint density at radius 3 is 2.92 bits per heavy atom. The molecule has 0 aliphatic rings. The first-order valence-electron chi connectivity index (χ1n) is 7.81. The molecule has 0 bridgehead atoms. The van der Waals surface area contributed by atoms with E-state index in [0.29, 0.717) is 23.4 Å². The molecule has 0 atom stereocenters. The Morgan fingerprint density at radius 2 is 2.17 bits per heavy atom. The van der Waals surface area contributed by atoms with Gasteiger partial charge in [-0.3, -0.25) is 9.89 Å². The molecule has 122 valence electrons. The van der Waals surface area contributed by atoms with E-state index in [4.69, 9.17) is 5.26 Å². The number of benzene rings is 1. The number of nitriles is 1. The molecule has 0 aliphatic heterocycles. The van der Waals surface area contributed by atoms with Crippen molar-refractivity contribution in [3.05, 3.63) is 69.3 Å². The van der Waals surface area contributed by atoms with Gasteiger partial charge in [0.2, 0.25) is 0 Å². The number of nitrogens with zero attached hydrogens (tertiary/aromatic N) is 4. The molecule has 0 aliphatic carbocycles. The van der Waals surface area contributed by atoms with Crippen LogP contribution in [0.3, 0.4) is 0 Å². The zero-order chi connectivity index (χ0) is 17.1. The molecule has 1 aromatic carbocycles. The van der Waals surface area contributed by atoms with Crippen LogP contribution in [0.1, 0.15) is 22.4 Å². The van der Waals surface area contributed by atoms with E-state index in [2.05, 4.69) is 34.0 Å². The molecule has 0 radical (unpaired) electrons. The van der Waals surface area contributed by atoms with Crippen molar-refractivity contribution in [3.8, 4) is 6.07 Å². The molecule has 3 rings (SSSR count). The molecule has 6 heteroatoms. The lowest BCUT2D eigenvalue weighted by molar-refractivity contribution is 0.327. The zero-order valence-electron chi connectivity index (χ0n) is 13.8. The van der Waals surface area contributed by atoms with Crippen LogP contribution in [0.25, 0.3) is 5.65 Å². The fraction of sp³-hybridized carbons (Fsp3) is 0.278. The average molecular weight is 321 g/mol. The van der Waals surface area contributed by atoms with Gasteiger partial charge in [0.25, 0.3) is 5.56 Å². The summed E-state index contributed by atoms with van der Waals surface area (Å²) in [5, 5.41) is 11.8. The van der Waals surface area contributed by atoms with Gasteiger partial charge < -0.3 is 4.90 Å². The summed E-state index contributed by atoms with van der Waals surface area (Å²) in [5.41, 5.74) is 3.83. The normalized spacial score (nSPS) is 11.1. The van der Waals surface area contributed by atoms with Gasteiger partial charge in [-0.15, -0.1) is 0 Å². The van der Waals surface area contributed by atoms with Gasteiger partial charge in [0.1, 0.15) is 11.6 Å². The van der Waals surface area contributed by atoms with E-state index in [9.17, 15) is 4.79 Å². The predicted molar refractivity (Wildman–Crippen MR) is 91.7 cm³/mol. The molecule has 2 aromatic heterocycles. The Morgan fingerprint density at radius 1 is 1.38 bits per heavy atom. The van der Waals surface area contributed by atoms with Crippen molar-refractivity contribution in [3.63, 3.8) is 0 Å². The molecule has 3 aromatic rings. The Kier molecular flexibility index (Phi) is 4.45.